The van der Waals surface area contributed by atoms with Gasteiger partial charge >= 0.3 is 5.97 Å². The van der Waals surface area contributed by atoms with Crippen LogP contribution in [-0.4, -0.2) is 33.5 Å². The summed E-state index contributed by atoms with van der Waals surface area (Å²) in [5, 5.41) is 8.86. The van der Waals surface area contributed by atoms with Crippen molar-refractivity contribution in [3.05, 3.63) is 6.33 Å². The molecule has 17 heavy (non-hydrogen) atoms. The number of amides is 1. The molecule has 0 radical (unpaired) electrons. The van der Waals surface area contributed by atoms with Gasteiger partial charge in [-0.3, -0.25) is 9.59 Å². The summed E-state index contributed by atoms with van der Waals surface area (Å²) >= 11 is 0. The Morgan fingerprint density at radius 2 is 2.00 bits per heavy atom. The standard InChI is InChI=1S/C9H11N5O3/c10-7-6(8(11)13-3-12-7)14-2-4(9(16)17)1-5(14)15/h3-4H,1-2H2,(H,16,17)(H4,10,11,12,13). The first-order chi connectivity index (χ1) is 8.00. The summed E-state index contributed by atoms with van der Waals surface area (Å²) in [5.41, 5.74) is 11.4. The van der Waals surface area contributed by atoms with Crippen molar-refractivity contribution in [3.63, 3.8) is 0 Å². The van der Waals surface area contributed by atoms with Gasteiger partial charge < -0.3 is 21.5 Å². The van der Waals surface area contributed by atoms with E-state index in [4.69, 9.17) is 16.6 Å². The van der Waals surface area contributed by atoms with Crippen LogP contribution >= 0.6 is 0 Å². The van der Waals surface area contributed by atoms with Crippen LogP contribution < -0.4 is 16.4 Å². The fourth-order valence-electron chi connectivity index (χ4n) is 1.77. The number of nitrogens with two attached hydrogens (primary N) is 2. The van der Waals surface area contributed by atoms with Crippen molar-refractivity contribution in [1.29, 1.82) is 0 Å². The predicted molar refractivity (Wildman–Crippen MR) is 59.0 cm³/mol. The molecule has 1 fully saturated rings. The average molecular weight is 237 g/mol. The van der Waals surface area contributed by atoms with E-state index in [0.717, 1.165) is 0 Å². The molecule has 2 heterocycles. The summed E-state index contributed by atoms with van der Waals surface area (Å²) < 4.78 is 0. The molecule has 8 nitrogen and oxygen atoms in total. The minimum Gasteiger partial charge on any atom is -0.481 e. The molecule has 8 heteroatoms. The van der Waals surface area contributed by atoms with Gasteiger partial charge in [-0.1, -0.05) is 0 Å². The second-order valence-corrected chi connectivity index (χ2v) is 3.74. The molecule has 0 aliphatic carbocycles. The SMILES string of the molecule is Nc1ncnc(N)c1N1CC(C(=O)O)CC1=O. The number of hydrogen-bond acceptors (Lipinski definition) is 6. The van der Waals surface area contributed by atoms with Crippen molar-refractivity contribution in [2.75, 3.05) is 22.9 Å². The highest BCUT2D eigenvalue weighted by atomic mass is 16.4. The number of aromatic nitrogens is 2. The number of anilines is 3. The molecular weight excluding hydrogens is 226 g/mol. The monoisotopic (exact) mass is 237 g/mol. The average Bonchev–Trinajstić information content (AvgIpc) is 2.61. The van der Waals surface area contributed by atoms with E-state index < -0.39 is 11.9 Å². The molecule has 1 atom stereocenters. The van der Waals surface area contributed by atoms with Gasteiger partial charge in [0.2, 0.25) is 5.91 Å². The number of hydrogen-bond donors (Lipinski definition) is 3. The highest BCUT2D eigenvalue weighted by Gasteiger charge is 2.37. The third kappa shape index (κ3) is 1.84. The van der Waals surface area contributed by atoms with Crippen LogP contribution in [0, 0.1) is 5.92 Å². The zero-order valence-corrected chi connectivity index (χ0v) is 8.83. The van der Waals surface area contributed by atoms with Crippen molar-refractivity contribution in [2.45, 2.75) is 6.42 Å². The first-order valence-corrected chi connectivity index (χ1v) is 4.89. The third-order valence-electron chi connectivity index (χ3n) is 2.62. The smallest absolute Gasteiger partial charge is 0.308 e. The van der Waals surface area contributed by atoms with E-state index in [9.17, 15) is 9.59 Å². The number of carboxylic acid groups (broad SMARTS) is 1. The van der Waals surface area contributed by atoms with Gasteiger partial charge in [0.1, 0.15) is 12.0 Å². The van der Waals surface area contributed by atoms with E-state index in [1.54, 1.807) is 0 Å². The molecule has 1 aliphatic rings. The fraction of sp³-hybridized carbons (Fsp3) is 0.333. The number of carboxylic acids is 1. The number of carbonyl (C=O) groups excluding carboxylic acids is 1. The summed E-state index contributed by atoms with van der Waals surface area (Å²) in [6.45, 7) is 0.0376. The van der Waals surface area contributed by atoms with E-state index in [-0.39, 0.29) is 36.2 Å². The lowest BCUT2D eigenvalue weighted by Crippen LogP contribution is -2.28. The van der Waals surface area contributed by atoms with Gasteiger partial charge in [-0.2, -0.15) is 0 Å². The number of nitrogens with zero attached hydrogens (tertiary/aromatic N) is 3. The molecule has 1 saturated heterocycles. The van der Waals surface area contributed by atoms with Crippen molar-refractivity contribution >= 4 is 29.2 Å². The Bertz CT molecular complexity index is 469. The number of carbonyl (C=O) groups is 2. The van der Waals surface area contributed by atoms with Gasteiger partial charge in [0, 0.05) is 13.0 Å². The normalized spacial score (nSPS) is 19.6. The van der Waals surface area contributed by atoms with Crippen LogP contribution in [0.25, 0.3) is 0 Å². The number of aliphatic carboxylic acids is 1. The first-order valence-electron chi connectivity index (χ1n) is 4.89. The van der Waals surface area contributed by atoms with Crippen LogP contribution in [0.3, 0.4) is 0 Å². The quantitative estimate of drug-likeness (QED) is 0.605. The van der Waals surface area contributed by atoms with Gasteiger partial charge in [0.25, 0.3) is 0 Å². The van der Waals surface area contributed by atoms with Crippen LogP contribution in [0.15, 0.2) is 6.33 Å². The second kappa shape index (κ2) is 3.89. The van der Waals surface area contributed by atoms with Crippen LogP contribution in [0.1, 0.15) is 6.42 Å². The van der Waals surface area contributed by atoms with E-state index in [0.29, 0.717) is 0 Å². The maximum atomic E-state index is 11.7. The zero-order valence-electron chi connectivity index (χ0n) is 8.83. The summed E-state index contributed by atoms with van der Waals surface area (Å²) in [6.07, 6.45) is 1.12. The Morgan fingerprint density at radius 1 is 1.41 bits per heavy atom. The highest BCUT2D eigenvalue weighted by molar-refractivity contribution is 6.03. The van der Waals surface area contributed by atoms with E-state index in [1.165, 1.54) is 11.2 Å². The van der Waals surface area contributed by atoms with Crippen LogP contribution in [0.2, 0.25) is 0 Å². The van der Waals surface area contributed by atoms with Crippen molar-refractivity contribution in [3.8, 4) is 0 Å². The maximum absolute atomic E-state index is 11.7. The Morgan fingerprint density at radius 3 is 2.47 bits per heavy atom. The van der Waals surface area contributed by atoms with Crippen molar-refractivity contribution in [2.24, 2.45) is 5.92 Å². The van der Waals surface area contributed by atoms with Gasteiger partial charge in [-0.25, -0.2) is 9.97 Å². The Balaban J connectivity index is 2.35. The fourth-order valence-corrected chi connectivity index (χ4v) is 1.77. The molecule has 5 N–H and O–H groups in total. The van der Waals surface area contributed by atoms with E-state index in [1.807, 2.05) is 0 Å². The molecule has 0 bridgehead atoms. The minimum atomic E-state index is -1.02. The molecule has 0 saturated carbocycles. The summed E-state index contributed by atoms with van der Waals surface area (Å²) in [5.74, 6) is -1.98. The van der Waals surface area contributed by atoms with Gasteiger partial charge in [-0.05, 0) is 0 Å². The Kier molecular flexibility index (Phi) is 2.54. The molecule has 90 valence electrons. The first kappa shape index (κ1) is 11.1. The summed E-state index contributed by atoms with van der Waals surface area (Å²) in [4.78, 5) is 31.2. The molecule has 2 rings (SSSR count). The van der Waals surface area contributed by atoms with E-state index >= 15 is 0 Å². The topological polar surface area (TPSA) is 135 Å². The zero-order chi connectivity index (χ0) is 12.6. The number of rotatable bonds is 2. The lowest BCUT2D eigenvalue weighted by molar-refractivity contribution is -0.141. The van der Waals surface area contributed by atoms with Crippen LogP contribution in [0.5, 0.6) is 0 Å². The minimum absolute atomic E-state index is 0.0376. The third-order valence-corrected chi connectivity index (χ3v) is 2.62. The molecule has 1 aromatic rings. The van der Waals surface area contributed by atoms with E-state index in [2.05, 4.69) is 9.97 Å². The van der Waals surface area contributed by atoms with Crippen molar-refractivity contribution < 1.29 is 14.7 Å². The Labute approximate surface area is 96.2 Å². The summed E-state index contributed by atoms with van der Waals surface area (Å²) in [7, 11) is 0. The van der Waals surface area contributed by atoms with Gasteiger partial charge in [0.15, 0.2) is 11.6 Å². The molecule has 1 aromatic heterocycles. The van der Waals surface area contributed by atoms with Gasteiger partial charge in [0.05, 0.1) is 5.92 Å². The van der Waals surface area contributed by atoms with Crippen molar-refractivity contribution in [1.82, 2.24) is 9.97 Å². The summed E-state index contributed by atoms with van der Waals surface area (Å²) in [6, 6.07) is 0. The molecule has 0 aromatic carbocycles. The lowest BCUT2D eigenvalue weighted by Gasteiger charge is -2.18. The molecule has 1 aliphatic heterocycles. The maximum Gasteiger partial charge on any atom is 0.308 e. The lowest BCUT2D eigenvalue weighted by atomic mass is 10.1. The molecule has 1 amide bonds. The second-order valence-electron chi connectivity index (χ2n) is 3.74. The largest absolute Gasteiger partial charge is 0.481 e. The Hall–Kier alpha value is -2.38. The molecule has 1 unspecified atom stereocenters. The van der Waals surface area contributed by atoms with Crippen LogP contribution in [0.4, 0.5) is 17.3 Å². The highest BCUT2D eigenvalue weighted by Crippen LogP contribution is 2.32. The molecular formula is C9H11N5O3. The molecule has 0 spiro atoms. The predicted octanol–water partition coefficient (Wildman–Crippen LogP) is -0.922. The number of nitrogen functional groups attached to an aromatic ring is 2. The van der Waals surface area contributed by atoms with Crippen LogP contribution in [-0.2, 0) is 9.59 Å². The van der Waals surface area contributed by atoms with Gasteiger partial charge in [-0.15, -0.1) is 0 Å².